The summed E-state index contributed by atoms with van der Waals surface area (Å²) in [6.45, 7) is 1.46. The molecule has 0 spiro atoms. The van der Waals surface area contributed by atoms with Gasteiger partial charge in [-0.2, -0.15) is 0 Å². The van der Waals surface area contributed by atoms with Gasteiger partial charge in [0.25, 0.3) is 10.0 Å². The Hall–Kier alpha value is -1.19. The lowest BCUT2D eigenvalue weighted by Crippen LogP contribution is -2.15. The highest BCUT2D eigenvalue weighted by atomic mass is 127. The van der Waals surface area contributed by atoms with Crippen LogP contribution in [0.25, 0.3) is 0 Å². The van der Waals surface area contributed by atoms with Crippen LogP contribution in [-0.2, 0) is 16.6 Å². The quantitative estimate of drug-likeness (QED) is 0.748. The van der Waals surface area contributed by atoms with Gasteiger partial charge in [-0.1, -0.05) is 6.07 Å². The van der Waals surface area contributed by atoms with Crippen LogP contribution in [0.5, 0.6) is 0 Å². The third-order valence-corrected chi connectivity index (χ3v) is 4.94. The van der Waals surface area contributed by atoms with Crippen LogP contribution in [-0.4, -0.2) is 8.42 Å². The molecule has 0 saturated carbocycles. The fourth-order valence-electron chi connectivity index (χ4n) is 1.88. The average Bonchev–Trinajstić information content (AvgIpc) is 2.41. The van der Waals surface area contributed by atoms with Crippen molar-refractivity contribution < 1.29 is 12.8 Å². The summed E-state index contributed by atoms with van der Waals surface area (Å²) in [6.07, 6.45) is 0. The molecule has 0 aromatic heterocycles. The summed E-state index contributed by atoms with van der Waals surface area (Å²) in [5.74, 6) is -0.467. The molecular weight excluding hydrogens is 406 g/mol. The van der Waals surface area contributed by atoms with Gasteiger partial charge in [0.2, 0.25) is 0 Å². The van der Waals surface area contributed by atoms with E-state index in [4.69, 9.17) is 5.73 Å². The highest BCUT2D eigenvalue weighted by molar-refractivity contribution is 14.1. The Bertz CT molecular complexity index is 779. The maximum Gasteiger partial charge on any atom is 0.261 e. The third-order valence-electron chi connectivity index (χ3n) is 2.91. The zero-order chi connectivity index (χ0) is 15.6. The Morgan fingerprint density at radius 2 is 2.00 bits per heavy atom. The van der Waals surface area contributed by atoms with Gasteiger partial charge < -0.3 is 5.73 Å². The number of hydrogen-bond acceptors (Lipinski definition) is 3. The highest BCUT2D eigenvalue weighted by Gasteiger charge is 2.18. The van der Waals surface area contributed by atoms with Crippen molar-refractivity contribution in [2.24, 2.45) is 5.73 Å². The zero-order valence-corrected chi connectivity index (χ0v) is 14.2. The average molecular weight is 420 g/mol. The summed E-state index contributed by atoms with van der Waals surface area (Å²) in [5, 5.41) is 0. The van der Waals surface area contributed by atoms with E-state index in [9.17, 15) is 12.8 Å². The van der Waals surface area contributed by atoms with Crippen molar-refractivity contribution in [3.05, 3.63) is 56.9 Å². The number of sulfonamides is 1. The van der Waals surface area contributed by atoms with Gasteiger partial charge in [-0.15, -0.1) is 0 Å². The fraction of sp³-hybridized carbons (Fsp3) is 0.143. The van der Waals surface area contributed by atoms with Crippen molar-refractivity contribution >= 4 is 38.3 Å². The van der Waals surface area contributed by atoms with E-state index >= 15 is 0 Å². The molecular formula is C14H14FIN2O2S. The molecule has 112 valence electrons. The predicted octanol–water partition coefficient (Wildman–Crippen LogP) is 3.00. The Kier molecular flexibility index (Phi) is 4.84. The summed E-state index contributed by atoms with van der Waals surface area (Å²) in [6, 6.07) is 9.52. The lowest BCUT2D eigenvalue weighted by molar-refractivity contribution is 0.592. The number of rotatable bonds is 4. The van der Waals surface area contributed by atoms with Crippen LogP contribution in [0.4, 0.5) is 10.1 Å². The summed E-state index contributed by atoms with van der Waals surface area (Å²) in [4.78, 5) is 0.000659. The molecule has 21 heavy (non-hydrogen) atoms. The lowest BCUT2D eigenvalue weighted by atomic mass is 10.1. The van der Waals surface area contributed by atoms with Crippen molar-refractivity contribution in [1.82, 2.24) is 0 Å². The van der Waals surface area contributed by atoms with Crippen molar-refractivity contribution in [3.8, 4) is 0 Å². The Morgan fingerprint density at radius 3 is 2.62 bits per heavy atom. The maximum absolute atomic E-state index is 13.8. The molecule has 0 aliphatic rings. The SMILES string of the molecule is Cc1cc(S(=O)(=O)Nc2cccc(I)c2)cc(CN)c1F. The molecule has 2 rings (SSSR count). The second kappa shape index (κ2) is 6.29. The van der Waals surface area contributed by atoms with E-state index in [1.807, 2.05) is 6.07 Å². The molecule has 3 N–H and O–H groups in total. The van der Waals surface area contributed by atoms with Gasteiger partial charge in [-0.05, 0) is 65.4 Å². The first-order valence-electron chi connectivity index (χ1n) is 6.11. The van der Waals surface area contributed by atoms with Crippen LogP contribution in [0.2, 0.25) is 0 Å². The summed E-state index contributed by atoms with van der Waals surface area (Å²) >= 11 is 2.09. The zero-order valence-electron chi connectivity index (χ0n) is 11.2. The van der Waals surface area contributed by atoms with Crippen molar-refractivity contribution in [2.75, 3.05) is 4.72 Å². The highest BCUT2D eigenvalue weighted by Crippen LogP contribution is 2.22. The molecule has 0 atom stereocenters. The van der Waals surface area contributed by atoms with Gasteiger partial charge in [-0.3, -0.25) is 4.72 Å². The standard InChI is InChI=1S/C14H14FIN2O2S/c1-9-5-13(6-10(8-17)14(9)15)21(19,20)18-12-4-2-3-11(16)7-12/h2-7,18H,8,17H2,1H3. The first-order chi connectivity index (χ1) is 9.83. The van der Waals surface area contributed by atoms with Gasteiger partial charge in [0.05, 0.1) is 4.90 Å². The molecule has 0 fully saturated rings. The van der Waals surface area contributed by atoms with Crippen LogP contribution in [0.3, 0.4) is 0 Å². The van der Waals surface area contributed by atoms with Crippen molar-refractivity contribution in [1.29, 1.82) is 0 Å². The largest absolute Gasteiger partial charge is 0.326 e. The molecule has 0 unspecified atom stereocenters. The monoisotopic (exact) mass is 420 g/mol. The number of nitrogens with two attached hydrogens (primary N) is 1. The minimum absolute atomic E-state index is 0.000659. The smallest absolute Gasteiger partial charge is 0.261 e. The topological polar surface area (TPSA) is 72.2 Å². The number of aryl methyl sites for hydroxylation is 1. The van der Waals surface area contributed by atoms with Gasteiger partial charge in [0.1, 0.15) is 5.82 Å². The molecule has 0 radical (unpaired) electrons. The third kappa shape index (κ3) is 3.72. The Balaban J connectivity index is 2.42. The lowest BCUT2D eigenvalue weighted by Gasteiger charge is -2.11. The molecule has 4 nitrogen and oxygen atoms in total. The molecule has 2 aromatic carbocycles. The second-order valence-corrected chi connectivity index (χ2v) is 7.46. The van der Waals surface area contributed by atoms with Crippen LogP contribution < -0.4 is 10.5 Å². The van der Waals surface area contributed by atoms with E-state index in [-0.39, 0.29) is 22.6 Å². The fourth-order valence-corrected chi connectivity index (χ4v) is 3.60. The van der Waals surface area contributed by atoms with Crippen LogP contribution in [0, 0.1) is 16.3 Å². The molecule has 0 aliphatic carbocycles. The number of anilines is 1. The second-order valence-electron chi connectivity index (χ2n) is 4.53. The molecule has 2 aromatic rings. The van der Waals surface area contributed by atoms with E-state index in [1.54, 1.807) is 18.2 Å². The molecule has 7 heteroatoms. The Morgan fingerprint density at radius 1 is 1.29 bits per heavy atom. The maximum atomic E-state index is 13.8. The first kappa shape index (κ1) is 16.2. The van der Waals surface area contributed by atoms with E-state index in [1.165, 1.54) is 19.1 Å². The first-order valence-corrected chi connectivity index (χ1v) is 8.67. The van der Waals surface area contributed by atoms with Gasteiger partial charge in [0, 0.05) is 21.4 Å². The minimum atomic E-state index is -3.78. The number of nitrogens with one attached hydrogen (secondary N) is 1. The molecule has 0 amide bonds. The minimum Gasteiger partial charge on any atom is -0.326 e. The van der Waals surface area contributed by atoms with Crippen molar-refractivity contribution in [2.45, 2.75) is 18.4 Å². The molecule has 0 aliphatic heterocycles. The van der Waals surface area contributed by atoms with Gasteiger partial charge in [0.15, 0.2) is 0 Å². The van der Waals surface area contributed by atoms with E-state index in [0.29, 0.717) is 5.69 Å². The van der Waals surface area contributed by atoms with E-state index in [2.05, 4.69) is 27.3 Å². The summed E-state index contributed by atoms with van der Waals surface area (Å²) < 4.78 is 41.9. The molecule has 0 heterocycles. The van der Waals surface area contributed by atoms with Crippen LogP contribution in [0.15, 0.2) is 41.3 Å². The number of hydrogen-bond donors (Lipinski definition) is 2. The number of benzene rings is 2. The Labute approximate surface area is 136 Å². The van der Waals surface area contributed by atoms with E-state index in [0.717, 1.165) is 3.57 Å². The van der Waals surface area contributed by atoms with Crippen molar-refractivity contribution in [3.63, 3.8) is 0 Å². The van der Waals surface area contributed by atoms with E-state index < -0.39 is 15.8 Å². The predicted molar refractivity (Wildman–Crippen MR) is 89.0 cm³/mol. The molecule has 0 saturated heterocycles. The number of halogens is 2. The van der Waals surface area contributed by atoms with Crippen LogP contribution >= 0.6 is 22.6 Å². The van der Waals surface area contributed by atoms with Gasteiger partial charge in [-0.25, -0.2) is 12.8 Å². The van der Waals surface area contributed by atoms with Crippen LogP contribution in [0.1, 0.15) is 11.1 Å². The summed E-state index contributed by atoms with van der Waals surface area (Å²) in [7, 11) is -3.78. The summed E-state index contributed by atoms with van der Waals surface area (Å²) in [5.41, 5.74) is 6.33. The van der Waals surface area contributed by atoms with Gasteiger partial charge >= 0.3 is 0 Å². The normalized spacial score (nSPS) is 11.4. The molecule has 0 bridgehead atoms.